The molecule has 0 saturated carbocycles. The number of piperidine rings is 1. The number of nitrogens with one attached hydrogen (secondary N) is 1. The molecule has 5 nitrogen and oxygen atoms in total. The molecule has 2 fully saturated rings. The van der Waals surface area contributed by atoms with Crippen LogP contribution in [0.15, 0.2) is 0 Å². The minimum atomic E-state index is -0.653. The van der Waals surface area contributed by atoms with Crippen molar-refractivity contribution >= 4 is 0 Å². The summed E-state index contributed by atoms with van der Waals surface area (Å²) < 4.78 is 0. The smallest absolute Gasteiger partial charge is 0.0798 e. The molecule has 0 spiro atoms. The van der Waals surface area contributed by atoms with Crippen molar-refractivity contribution in [3.05, 3.63) is 0 Å². The van der Waals surface area contributed by atoms with Crippen LogP contribution in [-0.4, -0.2) is 84.1 Å². The first-order chi connectivity index (χ1) is 8.40. The SMILES string of the molecule is CN(C)CC1CC(O)CN1C1CNCCC1(C)O. The van der Waals surface area contributed by atoms with E-state index in [1.807, 2.05) is 6.92 Å². The number of nitrogens with zero attached hydrogens (tertiary/aromatic N) is 2. The summed E-state index contributed by atoms with van der Waals surface area (Å²) in [5.74, 6) is 0. The van der Waals surface area contributed by atoms with Crippen molar-refractivity contribution in [3.63, 3.8) is 0 Å². The van der Waals surface area contributed by atoms with E-state index in [4.69, 9.17) is 0 Å². The predicted octanol–water partition coefficient (Wildman–Crippen LogP) is -0.904. The van der Waals surface area contributed by atoms with Crippen LogP contribution in [-0.2, 0) is 0 Å². The van der Waals surface area contributed by atoms with Crippen molar-refractivity contribution in [3.8, 4) is 0 Å². The van der Waals surface area contributed by atoms with Gasteiger partial charge in [0.15, 0.2) is 0 Å². The van der Waals surface area contributed by atoms with Gasteiger partial charge in [0, 0.05) is 25.7 Å². The van der Waals surface area contributed by atoms with E-state index in [0.717, 1.165) is 32.5 Å². The normalized spacial score (nSPS) is 42.7. The minimum absolute atomic E-state index is 0.105. The summed E-state index contributed by atoms with van der Waals surface area (Å²) in [6.45, 7) is 5.22. The van der Waals surface area contributed by atoms with Gasteiger partial charge in [0.05, 0.1) is 17.7 Å². The Bertz CT molecular complexity index is 283. The fourth-order valence-corrected chi connectivity index (χ4v) is 3.34. The number of β-amino-alcohol motifs (C(OH)–C–C–N with tert-alkyl or cyclic N) is 1. The van der Waals surface area contributed by atoms with Crippen molar-refractivity contribution in [2.24, 2.45) is 0 Å². The number of hydrogen-bond donors (Lipinski definition) is 3. The van der Waals surface area contributed by atoms with Gasteiger partial charge in [0.1, 0.15) is 0 Å². The molecule has 4 atom stereocenters. The minimum Gasteiger partial charge on any atom is -0.392 e. The molecule has 106 valence electrons. The first-order valence-corrected chi connectivity index (χ1v) is 6.92. The van der Waals surface area contributed by atoms with E-state index >= 15 is 0 Å². The molecule has 2 aliphatic rings. The molecule has 0 bridgehead atoms. The van der Waals surface area contributed by atoms with Gasteiger partial charge >= 0.3 is 0 Å². The second kappa shape index (κ2) is 5.43. The second-order valence-electron chi connectivity index (χ2n) is 6.33. The van der Waals surface area contributed by atoms with Crippen LogP contribution in [0.1, 0.15) is 19.8 Å². The molecule has 0 aromatic rings. The van der Waals surface area contributed by atoms with Gasteiger partial charge in [-0.05, 0) is 40.4 Å². The highest BCUT2D eigenvalue weighted by Gasteiger charge is 2.44. The summed E-state index contributed by atoms with van der Waals surface area (Å²) in [5.41, 5.74) is -0.653. The molecule has 0 aromatic carbocycles. The molecule has 5 heteroatoms. The van der Waals surface area contributed by atoms with Gasteiger partial charge in [-0.1, -0.05) is 0 Å². The van der Waals surface area contributed by atoms with Crippen LogP contribution in [0.3, 0.4) is 0 Å². The molecule has 3 N–H and O–H groups in total. The van der Waals surface area contributed by atoms with Crippen molar-refractivity contribution in [2.45, 2.75) is 43.6 Å². The Labute approximate surface area is 110 Å². The van der Waals surface area contributed by atoms with Crippen molar-refractivity contribution in [2.75, 3.05) is 40.3 Å². The summed E-state index contributed by atoms with van der Waals surface area (Å²) in [5, 5.41) is 23.8. The fraction of sp³-hybridized carbons (Fsp3) is 1.00. The van der Waals surface area contributed by atoms with E-state index in [2.05, 4.69) is 29.2 Å². The van der Waals surface area contributed by atoms with E-state index in [0.29, 0.717) is 12.6 Å². The third-order valence-corrected chi connectivity index (χ3v) is 4.27. The van der Waals surface area contributed by atoms with Gasteiger partial charge in [-0.2, -0.15) is 0 Å². The number of likely N-dealkylation sites (N-methyl/N-ethyl adjacent to an activating group) is 1. The van der Waals surface area contributed by atoms with Crippen LogP contribution < -0.4 is 5.32 Å². The lowest BCUT2D eigenvalue weighted by atomic mass is 9.88. The molecule has 0 radical (unpaired) electrons. The third kappa shape index (κ3) is 3.03. The first-order valence-electron chi connectivity index (χ1n) is 6.92. The van der Waals surface area contributed by atoms with Crippen LogP contribution >= 0.6 is 0 Å². The molecule has 0 aliphatic carbocycles. The maximum absolute atomic E-state index is 10.6. The average Bonchev–Trinajstić information content (AvgIpc) is 2.57. The number of likely N-dealkylation sites (tertiary alicyclic amines) is 1. The Morgan fingerprint density at radius 1 is 1.44 bits per heavy atom. The predicted molar refractivity (Wildman–Crippen MR) is 71.6 cm³/mol. The Balaban J connectivity index is 2.09. The zero-order valence-corrected chi connectivity index (χ0v) is 11.8. The highest BCUT2D eigenvalue weighted by molar-refractivity contribution is 5.01. The fourth-order valence-electron chi connectivity index (χ4n) is 3.34. The second-order valence-corrected chi connectivity index (χ2v) is 6.33. The highest BCUT2D eigenvalue weighted by Crippen LogP contribution is 2.29. The first kappa shape index (κ1) is 14.2. The van der Waals surface area contributed by atoms with Crippen LogP contribution in [0.2, 0.25) is 0 Å². The average molecular weight is 257 g/mol. The quantitative estimate of drug-likeness (QED) is 0.611. The Morgan fingerprint density at radius 2 is 2.17 bits per heavy atom. The summed E-state index contributed by atoms with van der Waals surface area (Å²) in [6, 6.07) is 0.444. The largest absolute Gasteiger partial charge is 0.392 e. The van der Waals surface area contributed by atoms with Crippen LogP contribution in [0, 0.1) is 0 Å². The van der Waals surface area contributed by atoms with Gasteiger partial charge in [-0.15, -0.1) is 0 Å². The van der Waals surface area contributed by atoms with E-state index in [-0.39, 0.29) is 12.1 Å². The van der Waals surface area contributed by atoms with Gasteiger partial charge in [-0.3, -0.25) is 4.90 Å². The Morgan fingerprint density at radius 3 is 2.78 bits per heavy atom. The number of aliphatic hydroxyl groups is 2. The lowest BCUT2D eigenvalue weighted by Crippen LogP contribution is -2.62. The molecule has 2 heterocycles. The van der Waals surface area contributed by atoms with E-state index in [9.17, 15) is 10.2 Å². The molecule has 0 aromatic heterocycles. The third-order valence-electron chi connectivity index (χ3n) is 4.27. The molecule has 2 aliphatic heterocycles. The van der Waals surface area contributed by atoms with Crippen LogP contribution in [0.5, 0.6) is 0 Å². The Kier molecular flexibility index (Phi) is 4.29. The maximum Gasteiger partial charge on any atom is 0.0798 e. The van der Waals surface area contributed by atoms with E-state index in [1.54, 1.807) is 0 Å². The van der Waals surface area contributed by atoms with Crippen LogP contribution in [0.25, 0.3) is 0 Å². The molecule has 2 saturated heterocycles. The summed E-state index contributed by atoms with van der Waals surface area (Å²) in [6.07, 6.45) is 1.33. The molecular formula is C13H27N3O2. The van der Waals surface area contributed by atoms with Crippen molar-refractivity contribution in [1.82, 2.24) is 15.1 Å². The van der Waals surface area contributed by atoms with Crippen molar-refractivity contribution < 1.29 is 10.2 Å². The Hall–Kier alpha value is -0.200. The monoisotopic (exact) mass is 257 g/mol. The molecule has 0 amide bonds. The summed E-state index contributed by atoms with van der Waals surface area (Å²) >= 11 is 0. The van der Waals surface area contributed by atoms with Gasteiger partial charge in [0.25, 0.3) is 0 Å². The lowest BCUT2D eigenvalue weighted by molar-refractivity contribution is -0.0605. The topological polar surface area (TPSA) is 59.0 Å². The number of aliphatic hydroxyl groups excluding tert-OH is 1. The van der Waals surface area contributed by atoms with Crippen LogP contribution in [0.4, 0.5) is 0 Å². The van der Waals surface area contributed by atoms with Gasteiger partial charge in [0.2, 0.25) is 0 Å². The highest BCUT2D eigenvalue weighted by atomic mass is 16.3. The van der Waals surface area contributed by atoms with Gasteiger partial charge < -0.3 is 20.4 Å². The standard InChI is InChI=1S/C13H27N3O2/c1-13(18)4-5-14-7-12(13)16-9-11(17)6-10(16)8-15(2)3/h10-12,14,17-18H,4-9H2,1-3H3. The maximum atomic E-state index is 10.6. The lowest BCUT2D eigenvalue weighted by Gasteiger charge is -2.45. The molecule has 4 unspecified atom stereocenters. The zero-order chi connectivity index (χ0) is 13.3. The van der Waals surface area contributed by atoms with Gasteiger partial charge in [-0.25, -0.2) is 0 Å². The summed E-state index contributed by atoms with van der Waals surface area (Å²) in [4.78, 5) is 4.46. The molecule has 2 rings (SSSR count). The van der Waals surface area contributed by atoms with E-state index < -0.39 is 5.60 Å². The number of hydrogen-bond acceptors (Lipinski definition) is 5. The zero-order valence-electron chi connectivity index (χ0n) is 11.8. The molecule has 18 heavy (non-hydrogen) atoms. The molecular weight excluding hydrogens is 230 g/mol. The van der Waals surface area contributed by atoms with Crippen molar-refractivity contribution in [1.29, 1.82) is 0 Å². The summed E-state index contributed by atoms with van der Waals surface area (Å²) in [7, 11) is 4.11. The van der Waals surface area contributed by atoms with E-state index in [1.165, 1.54) is 0 Å². The number of rotatable bonds is 3.